The third-order valence-corrected chi connectivity index (χ3v) is 3.96. The predicted octanol–water partition coefficient (Wildman–Crippen LogP) is 1.96. The van der Waals surface area contributed by atoms with Crippen LogP contribution in [0.1, 0.15) is 59.8 Å². The van der Waals surface area contributed by atoms with Crippen molar-refractivity contribution in [1.82, 2.24) is 10.2 Å². The number of hydrogen-bond donors (Lipinski definition) is 2. The SMILES string of the molecule is CCCCC1(C)NC(=O)N(C(N)(CC)CC)C1=O. The summed E-state index contributed by atoms with van der Waals surface area (Å²) in [6, 6.07) is -0.357. The molecule has 1 aliphatic rings. The molecule has 1 aliphatic heterocycles. The van der Waals surface area contributed by atoms with E-state index in [1.54, 1.807) is 6.92 Å². The minimum absolute atomic E-state index is 0.188. The maximum absolute atomic E-state index is 12.5. The number of hydrogen-bond acceptors (Lipinski definition) is 3. The summed E-state index contributed by atoms with van der Waals surface area (Å²) in [6.07, 6.45) is 3.69. The molecule has 0 saturated carbocycles. The van der Waals surface area contributed by atoms with E-state index in [0.29, 0.717) is 19.3 Å². The van der Waals surface area contributed by atoms with E-state index in [0.717, 1.165) is 12.8 Å². The van der Waals surface area contributed by atoms with Crippen molar-refractivity contribution in [3.63, 3.8) is 0 Å². The molecule has 3 amide bonds. The number of rotatable bonds is 6. The Morgan fingerprint density at radius 3 is 2.28 bits per heavy atom. The number of imide groups is 1. The van der Waals surface area contributed by atoms with Crippen molar-refractivity contribution >= 4 is 11.9 Å². The lowest BCUT2D eigenvalue weighted by Crippen LogP contribution is -2.58. The largest absolute Gasteiger partial charge is 0.326 e. The standard InChI is InChI=1S/C13H25N3O2/c1-5-8-9-12(4)10(17)16(11(18)15-12)13(14,6-2)7-3/h5-9,14H2,1-4H3,(H,15,18). The molecule has 5 nitrogen and oxygen atoms in total. The Labute approximate surface area is 109 Å². The number of carbonyl (C=O) groups excluding carboxylic acids is 2. The predicted molar refractivity (Wildman–Crippen MR) is 70.8 cm³/mol. The molecule has 0 aromatic carbocycles. The Balaban J connectivity index is 2.97. The monoisotopic (exact) mass is 255 g/mol. The van der Waals surface area contributed by atoms with Gasteiger partial charge in [-0.25, -0.2) is 9.69 Å². The number of carbonyl (C=O) groups is 2. The molecule has 0 aliphatic carbocycles. The average molecular weight is 255 g/mol. The fourth-order valence-corrected chi connectivity index (χ4v) is 2.35. The molecule has 1 fully saturated rings. The van der Waals surface area contributed by atoms with Crippen LogP contribution in [0.25, 0.3) is 0 Å². The van der Waals surface area contributed by atoms with Crippen LogP contribution in [-0.4, -0.2) is 28.0 Å². The normalized spacial score (nSPS) is 24.6. The Hall–Kier alpha value is -1.10. The molecule has 1 heterocycles. The number of urea groups is 1. The van der Waals surface area contributed by atoms with E-state index in [1.165, 1.54) is 4.90 Å². The first kappa shape index (κ1) is 15.0. The van der Waals surface area contributed by atoms with E-state index in [-0.39, 0.29) is 11.9 Å². The second kappa shape index (κ2) is 5.26. The number of nitrogens with two attached hydrogens (primary N) is 1. The molecular weight excluding hydrogens is 230 g/mol. The van der Waals surface area contributed by atoms with Crippen LogP contribution < -0.4 is 11.1 Å². The molecule has 1 rings (SSSR count). The van der Waals surface area contributed by atoms with Crippen LogP contribution in [0.3, 0.4) is 0 Å². The fraction of sp³-hybridized carbons (Fsp3) is 0.846. The quantitative estimate of drug-likeness (QED) is 0.712. The second-order valence-corrected chi connectivity index (χ2v) is 5.32. The lowest BCUT2D eigenvalue weighted by atomic mass is 9.93. The summed E-state index contributed by atoms with van der Waals surface area (Å²) >= 11 is 0. The van der Waals surface area contributed by atoms with Crippen LogP contribution >= 0.6 is 0 Å². The maximum atomic E-state index is 12.5. The number of amides is 3. The summed E-state index contributed by atoms with van der Waals surface area (Å²) in [5.41, 5.74) is 4.52. The highest BCUT2D eigenvalue weighted by Crippen LogP contribution is 2.30. The second-order valence-electron chi connectivity index (χ2n) is 5.32. The van der Waals surface area contributed by atoms with Gasteiger partial charge in [-0.2, -0.15) is 0 Å². The fourth-order valence-electron chi connectivity index (χ4n) is 2.35. The van der Waals surface area contributed by atoms with E-state index in [1.807, 2.05) is 13.8 Å². The van der Waals surface area contributed by atoms with Gasteiger partial charge in [0.25, 0.3) is 5.91 Å². The van der Waals surface area contributed by atoms with Crippen LogP contribution in [0.5, 0.6) is 0 Å². The van der Waals surface area contributed by atoms with Gasteiger partial charge in [0.05, 0.1) is 0 Å². The van der Waals surface area contributed by atoms with Gasteiger partial charge < -0.3 is 11.1 Å². The van der Waals surface area contributed by atoms with Gasteiger partial charge in [-0.1, -0.05) is 33.6 Å². The van der Waals surface area contributed by atoms with E-state index in [2.05, 4.69) is 12.2 Å². The van der Waals surface area contributed by atoms with Crippen molar-refractivity contribution in [1.29, 1.82) is 0 Å². The number of nitrogens with one attached hydrogen (secondary N) is 1. The van der Waals surface area contributed by atoms with Crippen LogP contribution in [0.4, 0.5) is 4.79 Å². The van der Waals surface area contributed by atoms with Gasteiger partial charge in [-0.05, 0) is 26.2 Å². The zero-order chi connectivity index (χ0) is 14.0. The highest BCUT2D eigenvalue weighted by molar-refractivity contribution is 6.07. The average Bonchev–Trinajstić information content (AvgIpc) is 2.58. The summed E-state index contributed by atoms with van der Waals surface area (Å²) < 4.78 is 0. The van der Waals surface area contributed by atoms with Crippen molar-refractivity contribution in [2.75, 3.05) is 0 Å². The molecule has 1 atom stereocenters. The summed E-state index contributed by atoms with van der Waals surface area (Å²) in [7, 11) is 0. The summed E-state index contributed by atoms with van der Waals surface area (Å²) in [5, 5.41) is 2.80. The lowest BCUT2D eigenvalue weighted by Gasteiger charge is -2.35. The van der Waals surface area contributed by atoms with Gasteiger partial charge in [0.15, 0.2) is 0 Å². The molecule has 0 spiro atoms. The molecule has 104 valence electrons. The van der Waals surface area contributed by atoms with Gasteiger partial charge in [0.1, 0.15) is 11.2 Å². The van der Waals surface area contributed by atoms with E-state index < -0.39 is 11.2 Å². The molecule has 1 unspecified atom stereocenters. The third-order valence-electron chi connectivity index (χ3n) is 3.96. The highest BCUT2D eigenvalue weighted by atomic mass is 16.2. The lowest BCUT2D eigenvalue weighted by molar-refractivity contribution is -0.135. The Bertz CT molecular complexity index is 339. The number of unbranched alkanes of at least 4 members (excludes halogenated alkanes) is 1. The molecule has 3 N–H and O–H groups in total. The van der Waals surface area contributed by atoms with Crippen LogP contribution in [-0.2, 0) is 4.79 Å². The highest BCUT2D eigenvalue weighted by Gasteiger charge is 2.52. The molecular formula is C13H25N3O2. The first-order chi connectivity index (χ1) is 8.34. The van der Waals surface area contributed by atoms with Crippen LogP contribution in [0, 0.1) is 0 Å². The zero-order valence-electron chi connectivity index (χ0n) is 11.9. The molecule has 0 radical (unpaired) electrons. The maximum Gasteiger partial charge on any atom is 0.326 e. The van der Waals surface area contributed by atoms with Crippen molar-refractivity contribution < 1.29 is 9.59 Å². The van der Waals surface area contributed by atoms with Gasteiger partial charge in [-0.3, -0.25) is 4.79 Å². The van der Waals surface area contributed by atoms with Crippen molar-refractivity contribution in [2.24, 2.45) is 5.73 Å². The molecule has 0 bridgehead atoms. The van der Waals surface area contributed by atoms with Crippen molar-refractivity contribution in [2.45, 2.75) is 71.0 Å². The molecule has 0 aromatic heterocycles. The topological polar surface area (TPSA) is 75.4 Å². The van der Waals surface area contributed by atoms with E-state index in [4.69, 9.17) is 5.73 Å². The Morgan fingerprint density at radius 2 is 1.83 bits per heavy atom. The first-order valence-corrected chi connectivity index (χ1v) is 6.80. The van der Waals surface area contributed by atoms with E-state index in [9.17, 15) is 9.59 Å². The molecule has 1 saturated heterocycles. The molecule has 0 aromatic rings. The molecule has 5 heteroatoms. The van der Waals surface area contributed by atoms with Gasteiger partial charge >= 0.3 is 6.03 Å². The first-order valence-electron chi connectivity index (χ1n) is 6.80. The van der Waals surface area contributed by atoms with Crippen LogP contribution in [0.2, 0.25) is 0 Å². The smallest absolute Gasteiger partial charge is 0.323 e. The third kappa shape index (κ3) is 2.36. The van der Waals surface area contributed by atoms with Crippen molar-refractivity contribution in [3.8, 4) is 0 Å². The number of nitrogens with zero attached hydrogens (tertiary/aromatic N) is 1. The summed E-state index contributed by atoms with van der Waals surface area (Å²) in [6.45, 7) is 7.64. The van der Waals surface area contributed by atoms with Gasteiger partial charge in [0, 0.05) is 0 Å². The van der Waals surface area contributed by atoms with Crippen LogP contribution in [0.15, 0.2) is 0 Å². The minimum Gasteiger partial charge on any atom is -0.323 e. The Morgan fingerprint density at radius 1 is 1.28 bits per heavy atom. The minimum atomic E-state index is -0.870. The van der Waals surface area contributed by atoms with Gasteiger partial charge in [0.2, 0.25) is 0 Å². The van der Waals surface area contributed by atoms with Gasteiger partial charge in [-0.15, -0.1) is 0 Å². The van der Waals surface area contributed by atoms with E-state index >= 15 is 0 Å². The summed E-state index contributed by atoms with van der Waals surface area (Å²) in [4.78, 5) is 25.7. The zero-order valence-corrected chi connectivity index (χ0v) is 11.9. The Kier molecular flexibility index (Phi) is 4.37. The molecule has 18 heavy (non-hydrogen) atoms. The summed E-state index contributed by atoms with van der Waals surface area (Å²) in [5.74, 6) is -0.188. The van der Waals surface area contributed by atoms with Crippen molar-refractivity contribution in [3.05, 3.63) is 0 Å².